The van der Waals surface area contributed by atoms with Gasteiger partial charge in [-0.25, -0.2) is 4.79 Å². The lowest BCUT2D eigenvalue weighted by Gasteiger charge is -2.08. The van der Waals surface area contributed by atoms with E-state index in [0.717, 1.165) is 16.3 Å². The van der Waals surface area contributed by atoms with E-state index in [0.29, 0.717) is 35.9 Å². The molecule has 0 radical (unpaired) electrons. The SMILES string of the molecule is COc1ccc(Cc2nnc(NC(=O)CCc3ccco3)s2)cc1OC.O=C(O)C(F)(F)F. The van der Waals surface area contributed by atoms with Crippen LogP contribution < -0.4 is 14.8 Å². The highest BCUT2D eigenvalue weighted by atomic mass is 32.1. The minimum atomic E-state index is -5.08. The van der Waals surface area contributed by atoms with Crippen LogP contribution in [-0.4, -0.2) is 47.6 Å². The van der Waals surface area contributed by atoms with Crippen LogP contribution in [-0.2, 0) is 22.4 Å². The number of amides is 1. The smallest absolute Gasteiger partial charge is 0.490 e. The summed E-state index contributed by atoms with van der Waals surface area (Å²) in [5.74, 6) is -0.742. The Hall–Kier alpha value is -3.61. The van der Waals surface area contributed by atoms with Gasteiger partial charge in [0.1, 0.15) is 10.8 Å². The molecule has 0 aliphatic heterocycles. The summed E-state index contributed by atoms with van der Waals surface area (Å²) in [5, 5.41) is 19.4. The summed E-state index contributed by atoms with van der Waals surface area (Å²) in [7, 11) is 3.20. The molecule has 3 aromatic rings. The van der Waals surface area contributed by atoms with E-state index >= 15 is 0 Å². The fourth-order valence-corrected chi connectivity index (χ4v) is 3.20. The number of nitrogens with one attached hydrogen (secondary N) is 1. The molecule has 0 aliphatic rings. The van der Waals surface area contributed by atoms with Gasteiger partial charge in [-0.15, -0.1) is 10.2 Å². The standard InChI is InChI=1S/C18H19N3O4S.C2HF3O2/c1-23-14-7-5-12(10-15(14)24-2)11-17-20-21-18(26-17)19-16(22)8-6-13-4-3-9-25-13;3-2(4,5)1(6)7/h3-5,7,9-10H,6,8,11H2,1-2H3,(H,19,21,22);(H,6,7). The van der Waals surface area contributed by atoms with Gasteiger partial charge in [-0.05, 0) is 29.8 Å². The average Bonchev–Trinajstić information content (AvgIpc) is 3.44. The van der Waals surface area contributed by atoms with Crippen LogP contribution >= 0.6 is 11.3 Å². The van der Waals surface area contributed by atoms with E-state index in [9.17, 15) is 18.0 Å². The number of aromatic nitrogens is 2. The number of carbonyl (C=O) groups is 2. The van der Waals surface area contributed by atoms with Gasteiger partial charge in [-0.2, -0.15) is 13.2 Å². The molecule has 0 saturated carbocycles. The Labute approximate surface area is 190 Å². The lowest BCUT2D eigenvalue weighted by molar-refractivity contribution is -0.192. The Morgan fingerprint density at radius 2 is 1.85 bits per heavy atom. The first-order valence-corrected chi connectivity index (χ1v) is 10.1. The van der Waals surface area contributed by atoms with Gasteiger partial charge in [0.25, 0.3) is 0 Å². The van der Waals surface area contributed by atoms with Crippen LogP contribution in [0.3, 0.4) is 0 Å². The number of carbonyl (C=O) groups excluding carboxylic acids is 1. The lowest BCUT2D eigenvalue weighted by Crippen LogP contribution is -2.21. The molecule has 2 heterocycles. The maximum atomic E-state index is 12.0. The monoisotopic (exact) mass is 487 g/mol. The van der Waals surface area contributed by atoms with Crippen molar-refractivity contribution < 1.29 is 41.8 Å². The van der Waals surface area contributed by atoms with Gasteiger partial charge >= 0.3 is 12.1 Å². The van der Waals surface area contributed by atoms with Crippen molar-refractivity contribution in [1.29, 1.82) is 0 Å². The summed E-state index contributed by atoms with van der Waals surface area (Å²) in [6.45, 7) is 0. The fourth-order valence-electron chi connectivity index (χ4n) is 2.41. The molecule has 2 N–H and O–H groups in total. The number of hydrogen-bond donors (Lipinski definition) is 2. The molecule has 3 rings (SSSR count). The molecule has 1 aromatic carbocycles. The first-order valence-electron chi connectivity index (χ1n) is 9.28. The molecule has 13 heteroatoms. The van der Waals surface area contributed by atoms with E-state index in [1.807, 2.05) is 24.3 Å². The summed E-state index contributed by atoms with van der Waals surface area (Å²) >= 11 is 1.35. The number of furan rings is 1. The zero-order chi connectivity index (χ0) is 24.4. The Bertz CT molecular complexity index is 1050. The number of aliphatic carboxylic acids is 1. The number of aryl methyl sites for hydroxylation is 1. The van der Waals surface area contributed by atoms with Gasteiger partial charge in [-0.3, -0.25) is 4.79 Å². The van der Waals surface area contributed by atoms with E-state index in [4.69, 9.17) is 23.8 Å². The molecule has 0 aliphatic carbocycles. The second-order valence-corrected chi connectivity index (χ2v) is 7.36. The molecular weight excluding hydrogens is 467 g/mol. The van der Waals surface area contributed by atoms with Crippen LogP contribution in [0, 0.1) is 0 Å². The molecule has 1 amide bonds. The lowest BCUT2D eigenvalue weighted by atomic mass is 10.1. The van der Waals surface area contributed by atoms with Crippen molar-refractivity contribution in [3.63, 3.8) is 0 Å². The van der Waals surface area contributed by atoms with Crippen molar-refractivity contribution in [3.05, 3.63) is 52.9 Å². The molecule has 0 unspecified atom stereocenters. The molecule has 9 nitrogen and oxygen atoms in total. The molecule has 2 aromatic heterocycles. The number of hydrogen-bond acceptors (Lipinski definition) is 8. The van der Waals surface area contributed by atoms with Gasteiger partial charge in [-0.1, -0.05) is 17.4 Å². The van der Waals surface area contributed by atoms with E-state index in [2.05, 4.69) is 15.5 Å². The van der Waals surface area contributed by atoms with Crippen LogP contribution in [0.15, 0.2) is 41.0 Å². The summed E-state index contributed by atoms with van der Waals surface area (Å²) in [5.41, 5.74) is 1.02. The number of alkyl halides is 3. The topological polar surface area (TPSA) is 124 Å². The van der Waals surface area contributed by atoms with Gasteiger partial charge in [0.05, 0.1) is 20.5 Å². The first kappa shape index (κ1) is 25.6. The van der Waals surface area contributed by atoms with Gasteiger partial charge in [0, 0.05) is 19.3 Å². The Balaban J connectivity index is 0.000000479. The van der Waals surface area contributed by atoms with Crippen molar-refractivity contribution >= 4 is 28.3 Å². The van der Waals surface area contributed by atoms with Crippen LogP contribution in [0.2, 0.25) is 0 Å². The maximum Gasteiger partial charge on any atom is 0.490 e. The van der Waals surface area contributed by atoms with E-state index in [1.165, 1.54) is 11.3 Å². The maximum absolute atomic E-state index is 12.0. The third-order valence-electron chi connectivity index (χ3n) is 3.94. The second-order valence-electron chi connectivity index (χ2n) is 6.30. The molecule has 0 saturated heterocycles. The second kappa shape index (κ2) is 11.9. The van der Waals surface area contributed by atoms with Crippen molar-refractivity contribution in [1.82, 2.24) is 10.2 Å². The van der Waals surface area contributed by atoms with E-state index in [1.54, 1.807) is 26.5 Å². The normalized spacial score (nSPS) is 10.7. The van der Waals surface area contributed by atoms with Crippen molar-refractivity contribution in [3.8, 4) is 11.5 Å². The summed E-state index contributed by atoms with van der Waals surface area (Å²) in [6, 6.07) is 9.36. The van der Waals surface area contributed by atoms with E-state index in [-0.39, 0.29) is 5.91 Å². The zero-order valence-corrected chi connectivity index (χ0v) is 18.3. The zero-order valence-electron chi connectivity index (χ0n) is 17.5. The molecule has 0 spiro atoms. The number of methoxy groups -OCH3 is 2. The Morgan fingerprint density at radius 1 is 1.15 bits per heavy atom. The highest BCUT2D eigenvalue weighted by molar-refractivity contribution is 7.15. The summed E-state index contributed by atoms with van der Waals surface area (Å²) in [6.07, 6.45) is -2.01. The minimum Gasteiger partial charge on any atom is -0.493 e. The van der Waals surface area contributed by atoms with Crippen LogP contribution in [0.1, 0.15) is 22.8 Å². The van der Waals surface area contributed by atoms with Gasteiger partial charge in [0.15, 0.2) is 11.5 Å². The van der Waals surface area contributed by atoms with Crippen LogP contribution in [0.5, 0.6) is 11.5 Å². The van der Waals surface area contributed by atoms with Crippen molar-refractivity contribution in [2.45, 2.75) is 25.4 Å². The number of ether oxygens (including phenoxy) is 2. The van der Waals surface area contributed by atoms with Crippen LogP contribution in [0.25, 0.3) is 0 Å². The highest BCUT2D eigenvalue weighted by Gasteiger charge is 2.38. The summed E-state index contributed by atoms with van der Waals surface area (Å²) < 4.78 is 47.5. The fraction of sp³-hybridized carbons (Fsp3) is 0.300. The molecule has 178 valence electrons. The quantitative estimate of drug-likeness (QED) is 0.490. The average molecular weight is 487 g/mol. The predicted octanol–water partition coefficient (Wildman–Crippen LogP) is 3.94. The van der Waals surface area contributed by atoms with Gasteiger partial charge < -0.3 is 24.3 Å². The van der Waals surface area contributed by atoms with Crippen molar-refractivity contribution in [2.24, 2.45) is 0 Å². The number of carboxylic acids is 1. The Kier molecular flexibility index (Phi) is 9.21. The Morgan fingerprint density at radius 3 is 2.42 bits per heavy atom. The number of benzene rings is 1. The largest absolute Gasteiger partial charge is 0.493 e. The third kappa shape index (κ3) is 8.44. The number of halogens is 3. The number of anilines is 1. The van der Waals surface area contributed by atoms with Crippen LogP contribution in [0.4, 0.5) is 18.3 Å². The summed E-state index contributed by atoms with van der Waals surface area (Å²) in [4.78, 5) is 20.9. The number of nitrogens with zero attached hydrogens (tertiary/aromatic N) is 2. The minimum absolute atomic E-state index is 0.116. The van der Waals surface area contributed by atoms with E-state index < -0.39 is 12.1 Å². The predicted molar refractivity (Wildman–Crippen MR) is 112 cm³/mol. The third-order valence-corrected chi connectivity index (χ3v) is 4.78. The van der Waals surface area contributed by atoms with Crippen molar-refractivity contribution in [2.75, 3.05) is 19.5 Å². The molecule has 0 bridgehead atoms. The molecule has 33 heavy (non-hydrogen) atoms. The highest BCUT2D eigenvalue weighted by Crippen LogP contribution is 2.29. The van der Waals surface area contributed by atoms with Gasteiger partial charge in [0.2, 0.25) is 11.0 Å². The molecular formula is C20H20F3N3O6S. The molecule has 0 atom stereocenters. The number of carboxylic acid groups (broad SMARTS) is 1. The molecule has 0 fully saturated rings. The number of rotatable bonds is 8. The first-order chi connectivity index (χ1) is 15.6.